The average Bonchev–Trinajstić information content (AvgIpc) is 1.58. The summed E-state index contributed by atoms with van der Waals surface area (Å²) in [6.45, 7) is 0.673. The molecule has 9 heteroatoms. The molecule has 1 atom stereocenters. The van der Waals surface area contributed by atoms with Gasteiger partial charge in [0.1, 0.15) is 0 Å². The van der Waals surface area contributed by atoms with E-state index in [4.69, 9.17) is 37.9 Å². The first-order chi connectivity index (χ1) is 4.50. The van der Waals surface area contributed by atoms with Crippen molar-refractivity contribution in [2.75, 3.05) is 6.66 Å². The number of hydrogen-bond donors (Lipinski definition) is 3. The molecule has 0 aromatic heterocycles. The number of alkyl halides is 2. The van der Waals surface area contributed by atoms with Crippen LogP contribution in [0.1, 0.15) is 0 Å². The van der Waals surface area contributed by atoms with E-state index in [1.165, 1.54) is 0 Å². The molecule has 1 unspecified atom stereocenters. The van der Waals surface area contributed by atoms with Crippen molar-refractivity contribution in [1.29, 1.82) is 0 Å². The fourth-order valence-corrected chi connectivity index (χ4v) is 2.18. The zero-order valence-electron chi connectivity index (χ0n) is 5.31. The van der Waals surface area contributed by atoms with Gasteiger partial charge in [-0.25, -0.2) is 0 Å². The minimum atomic E-state index is -4.97. The Morgan fingerprint density at radius 3 is 1.45 bits per heavy atom. The van der Waals surface area contributed by atoms with Gasteiger partial charge in [-0.05, 0) is 0 Å². The third kappa shape index (κ3) is 2.43. The third-order valence-electron chi connectivity index (χ3n) is 0.850. The lowest BCUT2D eigenvalue weighted by molar-refractivity contribution is 0.368. The molecule has 0 saturated carbocycles. The molecular weight excluding hydrogens is 237 g/mol. The number of rotatable bonds is 2. The largest absolute Gasteiger partial charge is 0.371 e. The third-order valence-corrected chi connectivity index (χ3v) is 7.65. The van der Waals surface area contributed by atoms with Gasteiger partial charge in [-0.3, -0.25) is 9.13 Å². The van der Waals surface area contributed by atoms with Crippen molar-refractivity contribution < 1.29 is 23.8 Å². The van der Waals surface area contributed by atoms with Gasteiger partial charge in [0, 0.05) is 6.66 Å². The maximum Gasteiger partial charge on any atom is 0.371 e. The van der Waals surface area contributed by atoms with Gasteiger partial charge in [0.2, 0.25) is 7.37 Å². The molecule has 0 aliphatic heterocycles. The molecule has 68 valence electrons. The van der Waals surface area contributed by atoms with Gasteiger partial charge in [0.15, 0.2) is 0 Å². The van der Waals surface area contributed by atoms with Crippen molar-refractivity contribution in [2.45, 2.75) is 3.82 Å². The Hall–Kier alpha value is 0.920. The van der Waals surface area contributed by atoms with Crippen LogP contribution in [0.3, 0.4) is 0 Å². The second-order valence-corrected chi connectivity index (χ2v) is 8.85. The van der Waals surface area contributed by atoms with Crippen LogP contribution in [0.2, 0.25) is 0 Å². The summed E-state index contributed by atoms with van der Waals surface area (Å²) in [5, 5.41) is 0. The van der Waals surface area contributed by atoms with E-state index in [0.717, 1.165) is 0 Å². The second-order valence-electron chi connectivity index (χ2n) is 1.93. The van der Waals surface area contributed by atoms with Gasteiger partial charge >= 0.3 is 7.60 Å². The summed E-state index contributed by atoms with van der Waals surface area (Å²) < 4.78 is 18.2. The first kappa shape index (κ1) is 11.9. The van der Waals surface area contributed by atoms with Gasteiger partial charge in [-0.15, -0.1) is 0 Å². The Kier molecular flexibility index (Phi) is 3.25. The monoisotopic (exact) mass is 242 g/mol. The predicted molar refractivity (Wildman–Crippen MR) is 42.2 cm³/mol. The Bertz CT molecular complexity index is 213. The van der Waals surface area contributed by atoms with Crippen molar-refractivity contribution >= 4 is 38.2 Å². The maximum absolute atomic E-state index is 10.7. The summed E-state index contributed by atoms with van der Waals surface area (Å²) >= 11 is 9.96. The molecule has 5 nitrogen and oxygen atoms in total. The van der Waals surface area contributed by atoms with Crippen molar-refractivity contribution in [2.24, 2.45) is 0 Å². The molecule has 0 fully saturated rings. The lowest BCUT2D eigenvalue weighted by Gasteiger charge is -2.22. The molecule has 0 aromatic rings. The van der Waals surface area contributed by atoms with Crippen LogP contribution in [-0.4, -0.2) is 25.2 Å². The van der Waals surface area contributed by atoms with E-state index in [1.807, 2.05) is 0 Å². The zero-order chi connectivity index (χ0) is 9.50. The highest BCUT2D eigenvalue weighted by molar-refractivity contribution is 7.80. The molecule has 0 aliphatic carbocycles. The molecular formula is C2H6Cl2O5P2. The van der Waals surface area contributed by atoms with Crippen LogP contribution in [0.15, 0.2) is 0 Å². The fourth-order valence-electron chi connectivity index (χ4n) is 0.242. The van der Waals surface area contributed by atoms with E-state index >= 15 is 0 Å². The molecule has 0 rings (SSSR count). The van der Waals surface area contributed by atoms with Gasteiger partial charge in [0.25, 0.3) is 3.82 Å². The topological polar surface area (TPSA) is 94.8 Å². The summed E-state index contributed by atoms with van der Waals surface area (Å²) in [4.78, 5) is 25.5. The van der Waals surface area contributed by atoms with E-state index in [-0.39, 0.29) is 0 Å². The molecule has 0 radical (unpaired) electrons. The molecule has 0 heterocycles. The van der Waals surface area contributed by atoms with Crippen LogP contribution in [0.4, 0.5) is 0 Å². The van der Waals surface area contributed by atoms with E-state index in [9.17, 15) is 9.13 Å². The van der Waals surface area contributed by atoms with Crippen LogP contribution in [-0.2, 0) is 9.13 Å². The minimum absolute atomic E-state index is 0.673. The average molecular weight is 243 g/mol. The highest BCUT2D eigenvalue weighted by Crippen LogP contribution is 2.73. The molecule has 0 amide bonds. The molecule has 3 N–H and O–H groups in total. The van der Waals surface area contributed by atoms with Crippen LogP contribution in [0, 0.1) is 0 Å². The quantitative estimate of drug-likeness (QED) is 0.499. The molecule has 0 saturated heterocycles. The highest BCUT2D eigenvalue weighted by Gasteiger charge is 2.55. The molecule has 0 aromatic carbocycles. The standard InChI is InChI=1S/C2H6Cl2O5P2/c1-10(5,6)2(3,4)11(7,8)9/h1H3,(H,5,6)(H2,7,8,9). The first-order valence-electron chi connectivity index (χ1n) is 2.24. The summed E-state index contributed by atoms with van der Waals surface area (Å²) in [5.74, 6) is 0. The van der Waals surface area contributed by atoms with E-state index in [0.29, 0.717) is 6.66 Å². The van der Waals surface area contributed by atoms with Crippen LogP contribution in [0.25, 0.3) is 0 Å². The number of hydrogen-bond acceptors (Lipinski definition) is 2. The number of halogens is 2. The van der Waals surface area contributed by atoms with Crippen LogP contribution < -0.4 is 0 Å². The first-order valence-corrected chi connectivity index (χ1v) is 6.71. The highest BCUT2D eigenvalue weighted by atomic mass is 35.5. The zero-order valence-corrected chi connectivity index (χ0v) is 8.61. The van der Waals surface area contributed by atoms with Crippen molar-refractivity contribution in [1.82, 2.24) is 0 Å². The van der Waals surface area contributed by atoms with Gasteiger partial charge < -0.3 is 14.7 Å². The normalized spacial score (nSPS) is 19.5. The van der Waals surface area contributed by atoms with Gasteiger partial charge in [0.05, 0.1) is 0 Å². The van der Waals surface area contributed by atoms with Crippen molar-refractivity contribution in [3.8, 4) is 0 Å². The van der Waals surface area contributed by atoms with Gasteiger partial charge in [-0.2, -0.15) is 0 Å². The molecule has 0 spiro atoms. The van der Waals surface area contributed by atoms with E-state index in [1.54, 1.807) is 0 Å². The Labute approximate surface area is 72.9 Å². The lowest BCUT2D eigenvalue weighted by Crippen LogP contribution is -2.12. The maximum atomic E-state index is 10.7. The molecule has 11 heavy (non-hydrogen) atoms. The van der Waals surface area contributed by atoms with Crippen molar-refractivity contribution in [3.05, 3.63) is 0 Å². The fraction of sp³-hybridized carbons (Fsp3) is 1.00. The molecule has 0 aliphatic rings. The van der Waals surface area contributed by atoms with Crippen molar-refractivity contribution in [3.63, 3.8) is 0 Å². The van der Waals surface area contributed by atoms with Gasteiger partial charge in [-0.1, -0.05) is 23.2 Å². The van der Waals surface area contributed by atoms with Crippen LogP contribution >= 0.6 is 38.2 Å². The Morgan fingerprint density at radius 2 is 1.45 bits per heavy atom. The SMILES string of the molecule is CP(=O)(O)C(Cl)(Cl)P(=O)(O)O. The summed E-state index contributed by atoms with van der Waals surface area (Å²) in [5.41, 5.74) is 0. The summed E-state index contributed by atoms with van der Waals surface area (Å²) in [6.07, 6.45) is 0. The van der Waals surface area contributed by atoms with E-state index < -0.39 is 18.8 Å². The molecule has 0 bridgehead atoms. The van der Waals surface area contributed by atoms with E-state index in [2.05, 4.69) is 0 Å². The lowest BCUT2D eigenvalue weighted by atomic mass is 11.8. The summed E-state index contributed by atoms with van der Waals surface area (Å²) in [6, 6.07) is 0. The smallest absolute Gasteiger partial charge is 0.342 e. The summed E-state index contributed by atoms with van der Waals surface area (Å²) in [7, 11) is -9.19. The minimum Gasteiger partial charge on any atom is -0.342 e. The predicted octanol–water partition coefficient (Wildman–Crippen LogP) is 1.15. The Balaban J connectivity index is 5.08. The van der Waals surface area contributed by atoms with Crippen LogP contribution in [0.5, 0.6) is 0 Å². The second kappa shape index (κ2) is 3.00. The Morgan fingerprint density at radius 1 is 1.18 bits per heavy atom.